The maximum absolute atomic E-state index is 12.4. The van der Waals surface area contributed by atoms with Crippen molar-refractivity contribution in [2.75, 3.05) is 18.6 Å². The lowest BCUT2D eigenvalue weighted by Gasteiger charge is -2.23. The number of anilines is 1. The van der Waals surface area contributed by atoms with Crippen LogP contribution in [0.1, 0.15) is 27.2 Å². The van der Waals surface area contributed by atoms with Gasteiger partial charge in [0, 0.05) is 17.8 Å². The lowest BCUT2D eigenvalue weighted by molar-refractivity contribution is -0.133. The highest BCUT2D eigenvalue weighted by molar-refractivity contribution is 6.09. The average Bonchev–Trinajstić information content (AvgIpc) is 2.79. The van der Waals surface area contributed by atoms with E-state index in [1.165, 1.54) is 0 Å². The zero-order chi connectivity index (χ0) is 15.6. The molecule has 114 valence electrons. The normalized spacial score (nSPS) is 18.8. The Labute approximate surface area is 125 Å². The van der Waals surface area contributed by atoms with Crippen LogP contribution in [0.15, 0.2) is 24.3 Å². The van der Waals surface area contributed by atoms with Crippen molar-refractivity contribution in [3.05, 3.63) is 24.3 Å². The Morgan fingerprint density at radius 1 is 1.29 bits per heavy atom. The lowest BCUT2D eigenvalue weighted by atomic mass is 10.0. The summed E-state index contributed by atoms with van der Waals surface area (Å²) in [6.45, 7) is 6.29. The first-order chi connectivity index (χ1) is 9.81. The van der Waals surface area contributed by atoms with Gasteiger partial charge in [-0.2, -0.15) is 0 Å². The first-order valence-corrected chi connectivity index (χ1v) is 7.09. The van der Waals surface area contributed by atoms with Crippen molar-refractivity contribution in [1.82, 2.24) is 5.32 Å². The molecule has 21 heavy (non-hydrogen) atoms. The van der Waals surface area contributed by atoms with Crippen molar-refractivity contribution in [3.63, 3.8) is 0 Å². The van der Waals surface area contributed by atoms with Crippen molar-refractivity contribution < 1.29 is 14.3 Å². The summed E-state index contributed by atoms with van der Waals surface area (Å²) in [7, 11) is 1.60. The summed E-state index contributed by atoms with van der Waals surface area (Å²) in [4.78, 5) is 26.3. The summed E-state index contributed by atoms with van der Waals surface area (Å²) < 4.78 is 5.11. The SMILES string of the molecule is COc1ccc(N2CCC(C(=O)NC(C)(C)C)C2=O)cc1. The van der Waals surface area contributed by atoms with Gasteiger partial charge in [-0.25, -0.2) is 0 Å². The van der Waals surface area contributed by atoms with Crippen LogP contribution in [0.25, 0.3) is 0 Å². The molecule has 0 aliphatic carbocycles. The second-order valence-corrected chi connectivity index (χ2v) is 6.27. The molecular formula is C16H22N2O3. The number of nitrogens with one attached hydrogen (secondary N) is 1. The molecule has 1 heterocycles. The first kappa shape index (κ1) is 15.4. The molecule has 1 aromatic rings. The van der Waals surface area contributed by atoms with Crippen LogP contribution in [-0.2, 0) is 9.59 Å². The number of amides is 2. The number of methoxy groups -OCH3 is 1. The minimum atomic E-state index is -0.591. The molecule has 0 bridgehead atoms. The predicted octanol–water partition coefficient (Wildman–Crippen LogP) is 1.96. The Bertz CT molecular complexity index is 531. The van der Waals surface area contributed by atoms with Crippen LogP contribution in [0.4, 0.5) is 5.69 Å². The Morgan fingerprint density at radius 2 is 1.90 bits per heavy atom. The molecule has 0 saturated carbocycles. The van der Waals surface area contributed by atoms with Gasteiger partial charge in [0.2, 0.25) is 11.8 Å². The van der Waals surface area contributed by atoms with Gasteiger partial charge in [0.1, 0.15) is 11.7 Å². The summed E-state index contributed by atoms with van der Waals surface area (Å²) in [6.07, 6.45) is 0.548. The van der Waals surface area contributed by atoms with E-state index in [-0.39, 0.29) is 17.4 Å². The number of carbonyl (C=O) groups excluding carboxylic acids is 2. The molecule has 2 rings (SSSR count). The van der Waals surface area contributed by atoms with Gasteiger partial charge >= 0.3 is 0 Å². The topological polar surface area (TPSA) is 58.6 Å². The maximum Gasteiger partial charge on any atom is 0.239 e. The highest BCUT2D eigenvalue weighted by Gasteiger charge is 2.38. The van der Waals surface area contributed by atoms with E-state index < -0.39 is 5.92 Å². The van der Waals surface area contributed by atoms with Gasteiger partial charge < -0.3 is 15.0 Å². The van der Waals surface area contributed by atoms with E-state index in [4.69, 9.17) is 4.74 Å². The van der Waals surface area contributed by atoms with Crippen molar-refractivity contribution in [2.24, 2.45) is 5.92 Å². The van der Waals surface area contributed by atoms with Crippen LogP contribution < -0.4 is 15.0 Å². The minimum Gasteiger partial charge on any atom is -0.497 e. The van der Waals surface area contributed by atoms with Crippen molar-refractivity contribution in [3.8, 4) is 5.75 Å². The maximum atomic E-state index is 12.4. The second kappa shape index (κ2) is 5.76. The van der Waals surface area contributed by atoms with Crippen LogP contribution in [-0.4, -0.2) is 31.0 Å². The molecule has 1 saturated heterocycles. The Balaban J connectivity index is 2.08. The summed E-state index contributed by atoms with van der Waals surface area (Å²) in [6, 6.07) is 7.29. The molecule has 1 fully saturated rings. The fraction of sp³-hybridized carbons (Fsp3) is 0.500. The van der Waals surface area contributed by atoms with Gasteiger partial charge in [0.05, 0.1) is 7.11 Å². The smallest absolute Gasteiger partial charge is 0.239 e. The fourth-order valence-corrected chi connectivity index (χ4v) is 2.40. The van der Waals surface area contributed by atoms with E-state index in [1.54, 1.807) is 12.0 Å². The molecule has 1 unspecified atom stereocenters. The van der Waals surface area contributed by atoms with E-state index in [0.29, 0.717) is 13.0 Å². The monoisotopic (exact) mass is 290 g/mol. The number of benzene rings is 1. The molecule has 0 spiro atoms. The molecule has 1 aliphatic heterocycles. The van der Waals surface area contributed by atoms with Gasteiger partial charge in [-0.05, 0) is 51.5 Å². The van der Waals surface area contributed by atoms with Gasteiger partial charge in [-0.3, -0.25) is 9.59 Å². The molecule has 5 heteroatoms. The third-order valence-electron chi connectivity index (χ3n) is 3.40. The van der Waals surface area contributed by atoms with Crippen LogP contribution >= 0.6 is 0 Å². The molecule has 1 aliphatic rings. The quantitative estimate of drug-likeness (QED) is 0.866. The van der Waals surface area contributed by atoms with E-state index in [1.807, 2.05) is 45.0 Å². The molecule has 1 aromatic carbocycles. The molecule has 2 amide bonds. The predicted molar refractivity (Wildman–Crippen MR) is 81.3 cm³/mol. The molecule has 5 nitrogen and oxygen atoms in total. The Hall–Kier alpha value is -2.04. The van der Waals surface area contributed by atoms with Gasteiger partial charge in [0.25, 0.3) is 0 Å². The second-order valence-electron chi connectivity index (χ2n) is 6.27. The highest BCUT2D eigenvalue weighted by atomic mass is 16.5. The largest absolute Gasteiger partial charge is 0.497 e. The number of hydrogen-bond acceptors (Lipinski definition) is 3. The van der Waals surface area contributed by atoms with E-state index in [2.05, 4.69) is 5.32 Å². The summed E-state index contributed by atoms with van der Waals surface area (Å²) in [5.41, 5.74) is 0.470. The molecule has 0 radical (unpaired) electrons. The third kappa shape index (κ3) is 3.54. The Kier molecular flexibility index (Phi) is 4.21. The summed E-state index contributed by atoms with van der Waals surface area (Å²) >= 11 is 0. The number of hydrogen-bond donors (Lipinski definition) is 1. The van der Waals surface area contributed by atoms with Gasteiger partial charge in [-0.1, -0.05) is 0 Å². The van der Waals surface area contributed by atoms with Crippen LogP contribution in [0.3, 0.4) is 0 Å². The first-order valence-electron chi connectivity index (χ1n) is 7.09. The standard InChI is InChI=1S/C16H22N2O3/c1-16(2,3)17-14(19)13-9-10-18(15(13)20)11-5-7-12(21-4)8-6-11/h5-8,13H,9-10H2,1-4H3,(H,17,19). The molecule has 0 aromatic heterocycles. The molecule has 1 atom stereocenters. The minimum absolute atomic E-state index is 0.137. The van der Waals surface area contributed by atoms with Gasteiger partial charge in [0.15, 0.2) is 0 Å². The van der Waals surface area contributed by atoms with E-state index in [0.717, 1.165) is 11.4 Å². The highest BCUT2D eigenvalue weighted by Crippen LogP contribution is 2.27. The van der Waals surface area contributed by atoms with E-state index >= 15 is 0 Å². The zero-order valence-electron chi connectivity index (χ0n) is 13.0. The fourth-order valence-electron chi connectivity index (χ4n) is 2.40. The van der Waals surface area contributed by atoms with Crippen molar-refractivity contribution in [2.45, 2.75) is 32.7 Å². The van der Waals surface area contributed by atoms with Crippen LogP contribution in [0.5, 0.6) is 5.75 Å². The van der Waals surface area contributed by atoms with Crippen molar-refractivity contribution in [1.29, 1.82) is 0 Å². The number of nitrogens with zero attached hydrogens (tertiary/aromatic N) is 1. The number of carbonyl (C=O) groups is 2. The summed E-state index contributed by atoms with van der Waals surface area (Å²) in [5.74, 6) is -0.177. The van der Waals surface area contributed by atoms with Gasteiger partial charge in [-0.15, -0.1) is 0 Å². The molecule has 1 N–H and O–H groups in total. The van der Waals surface area contributed by atoms with E-state index in [9.17, 15) is 9.59 Å². The van der Waals surface area contributed by atoms with Crippen molar-refractivity contribution >= 4 is 17.5 Å². The average molecular weight is 290 g/mol. The van der Waals surface area contributed by atoms with Crippen LogP contribution in [0.2, 0.25) is 0 Å². The number of rotatable bonds is 3. The summed E-state index contributed by atoms with van der Waals surface area (Å²) in [5, 5.41) is 2.88. The third-order valence-corrected chi connectivity index (χ3v) is 3.40. The Morgan fingerprint density at radius 3 is 2.43 bits per heavy atom. The lowest BCUT2D eigenvalue weighted by Crippen LogP contribution is -2.45. The number of ether oxygens (including phenoxy) is 1. The molecular weight excluding hydrogens is 268 g/mol. The van der Waals surface area contributed by atoms with Crippen LogP contribution in [0, 0.1) is 5.92 Å². The zero-order valence-corrected chi connectivity index (χ0v) is 13.0.